The van der Waals surface area contributed by atoms with Crippen molar-refractivity contribution in [3.05, 3.63) is 105 Å². The summed E-state index contributed by atoms with van der Waals surface area (Å²) in [6.45, 7) is 27.4. The summed E-state index contributed by atoms with van der Waals surface area (Å²) >= 11 is 0. The van der Waals surface area contributed by atoms with Crippen molar-refractivity contribution >= 4 is 29.1 Å². The molecule has 0 aliphatic heterocycles. The second-order valence-corrected chi connectivity index (χ2v) is 14.7. The lowest BCUT2D eigenvalue weighted by Crippen LogP contribution is -2.36. The van der Waals surface area contributed by atoms with Crippen molar-refractivity contribution in [2.75, 3.05) is 0 Å². The van der Waals surface area contributed by atoms with E-state index in [-0.39, 0.29) is 10.8 Å². The molecule has 5 aromatic rings. The number of rotatable bonds is 2. The smallest absolute Gasteiger partial charge is 0.418 e. The fraction of sp³-hybridized carbons (Fsp3) is 0.359. The van der Waals surface area contributed by atoms with Crippen LogP contribution in [0.15, 0.2) is 60.7 Å². The van der Waals surface area contributed by atoms with Crippen LogP contribution in [0.4, 0.5) is 17.3 Å². The van der Waals surface area contributed by atoms with Crippen LogP contribution in [0.25, 0.3) is 38.6 Å². The van der Waals surface area contributed by atoms with E-state index in [9.17, 15) is 17.3 Å². The quantitative estimate of drug-likeness (QED) is 0.0805. The molecule has 0 bridgehead atoms. The van der Waals surface area contributed by atoms with E-state index < -0.39 is 7.25 Å². The third-order valence-electron chi connectivity index (χ3n) is 8.53. The molecule has 0 aliphatic rings. The van der Waals surface area contributed by atoms with Crippen molar-refractivity contribution in [1.29, 1.82) is 0 Å². The summed E-state index contributed by atoms with van der Waals surface area (Å²) in [4.78, 5) is 0. The van der Waals surface area contributed by atoms with Gasteiger partial charge in [-0.3, -0.25) is 0 Å². The summed E-state index contributed by atoms with van der Waals surface area (Å²) in [5, 5.41) is 2.61. The summed E-state index contributed by atoms with van der Waals surface area (Å²) in [5.74, 6) is 0. The molecule has 45 heavy (non-hydrogen) atoms. The average Bonchev–Trinajstić information content (AvgIpc) is 2.85. The minimum Gasteiger partial charge on any atom is -0.418 e. The second kappa shape index (κ2) is 11.9. The van der Waals surface area contributed by atoms with Crippen molar-refractivity contribution in [2.45, 2.75) is 93.9 Å². The molecule has 0 aliphatic carbocycles. The second-order valence-electron chi connectivity index (χ2n) is 14.7. The number of pyridine rings is 1. The highest BCUT2D eigenvalue weighted by atomic mass is 19.5. The monoisotopic (exact) mass is 615 g/mol. The highest BCUT2D eigenvalue weighted by Gasteiger charge is 2.30. The summed E-state index contributed by atoms with van der Waals surface area (Å²) < 4.78 is 41.6. The average molecular weight is 616 g/mol. The standard InChI is InChI=1S/C39H46N.BF4/c1-23-17-25(3)35(26(4)18-23)36-31-15-13-29(38(7,8)9)21-33(31)40(37-27(5)19-24(2)20-28(37)6)34-22-30(39(10,11)12)14-16-32(34)36;2-1(3,4)5/h13-22H,1-12H3;/q+1;-1. The zero-order valence-corrected chi connectivity index (χ0v) is 28.8. The van der Waals surface area contributed by atoms with Crippen molar-refractivity contribution in [1.82, 2.24) is 0 Å². The van der Waals surface area contributed by atoms with Crippen LogP contribution < -0.4 is 4.57 Å². The summed E-state index contributed by atoms with van der Waals surface area (Å²) in [5.41, 5.74) is 17.2. The number of fused-ring (bicyclic) bond motifs is 2. The SMILES string of the molecule is Cc1cc(C)c(-c2c3ccc(C(C)(C)C)cc3[n+](-c3c(C)cc(C)cc3C)c3cc(C(C)(C)C)ccc23)c(C)c1.F[B-](F)(F)F. The van der Waals surface area contributed by atoms with Gasteiger partial charge in [0.25, 0.3) is 0 Å². The van der Waals surface area contributed by atoms with Gasteiger partial charge < -0.3 is 17.3 Å². The van der Waals surface area contributed by atoms with E-state index in [2.05, 4.69) is 148 Å². The molecule has 0 unspecified atom stereocenters. The first-order valence-electron chi connectivity index (χ1n) is 15.6. The van der Waals surface area contributed by atoms with Crippen molar-refractivity contribution in [3.63, 3.8) is 0 Å². The molecular weight excluding hydrogens is 569 g/mol. The summed E-state index contributed by atoms with van der Waals surface area (Å²) in [7, 11) is -6.00. The first-order valence-corrected chi connectivity index (χ1v) is 15.6. The molecule has 1 aromatic heterocycles. The Bertz CT molecular complexity index is 1790. The number of aryl methyl sites for hydroxylation is 6. The van der Waals surface area contributed by atoms with Gasteiger partial charge in [0, 0.05) is 28.8 Å². The molecule has 0 saturated carbocycles. The maximum Gasteiger partial charge on any atom is 0.673 e. The highest BCUT2D eigenvalue weighted by molar-refractivity contribution is 6.50. The maximum absolute atomic E-state index is 9.75. The highest BCUT2D eigenvalue weighted by Crippen LogP contribution is 2.41. The van der Waals surface area contributed by atoms with Crippen LogP contribution in [0.5, 0.6) is 0 Å². The Morgan fingerprint density at radius 3 is 1.16 bits per heavy atom. The van der Waals surface area contributed by atoms with E-state index in [0.29, 0.717) is 0 Å². The minimum atomic E-state index is -6.00. The molecule has 0 amide bonds. The Morgan fingerprint density at radius 1 is 0.489 bits per heavy atom. The minimum absolute atomic E-state index is 0.0431. The van der Waals surface area contributed by atoms with Crippen LogP contribution in [-0.2, 0) is 10.8 Å². The van der Waals surface area contributed by atoms with Crippen LogP contribution >= 0.6 is 0 Å². The van der Waals surface area contributed by atoms with Gasteiger partial charge in [0.1, 0.15) is 0 Å². The number of nitrogens with zero attached hydrogens (tertiary/aromatic N) is 1. The molecule has 238 valence electrons. The van der Waals surface area contributed by atoms with Crippen molar-refractivity contribution in [2.24, 2.45) is 0 Å². The lowest BCUT2D eigenvalue weighted by molar-refractivity contribution is -0.539. The van der Waals surface area contributed by atoms with Crippen molar-refractivity contribution < 1.29 is 21.8 Å². The Hall–Kier alpha value is -3.67. The molecular formula is C39H46BF4N. The fourth-order valence-corrected chi connectivity index (χ4v) is 6.67. The molecule has 1 heterocycles. The molecule has 6 heteroatoms. The molecule has 0 spiro atoms. The molecule has 4 aromatic carbocycles. The molecule has 0 N–H and O–H groups in total. The molecule has 5 rings (SSSR count). The molecule has 0 radical (unpaired) electrons. The van der Waals surface area contributed by atoms with Crippen LogP contribution in [0.1, 0.15) is 86.1 Å². The third-order valence-corrected chi connectivity index (χ3v) is 8.53. The normalized spacial score (nSPS) is 12.4. The predicted molar refractivity (Wildman–Crippen MR) is 184 cm³/mol. The van der Waals surface area contributed by atoms with Gasteiger partial charge in [-0.05, 0) is 104 Å². The number of hydrogen-bond donors (Lipinski definition) is 0. The van der Waals surface area contributed by atoms with Gasteiger partial charge in [0.15, 0.2) is 0 Å². The Morgan fingerprint density at radius 2 is 0.822 bits per heavy atom. The number of aromatic nitrogens is 1. The zero-order chi connectivity index (χ0) is 33.8. The maximum atomic E-state index is 9.75. The number of hydrogen-bond acceptors (Lipinski definition) is 0. The first kappa shape index (κ1) is 34.2. The molecule has 1 nitrogen and oxygen atoms in total. The van der Waals surface area contributed by atoms with E-state index in [4.69, 9.17) is 0 Å². The molecule has 0 fully saturated rings. The zero-order valence-electron chi connectivity index (χ0n) is 28.8. The van der Waals surface area contributed by atoms with E-state index >= 15 is 0 Å². The van der Waals surface area contributed by atoms with Crippen LogP contribution in [0.2, 0.25) is 0 Å². The fourth-order valence-electron chi connectivity index (χ4n) is 6.67. The lowest BCUT2D eigenvalue weighted by Gasteiger charge is -2.23. The van der Waals surface area contributed by atoms with E-state index in [0.717, 1.165) is 0 Å². The van der Waals surface area contributed by atoms with Gasteiger partial charge in [-0.2, -0.15) is 4.57 Å². The van der Waals surface area contributed by atoms with Gasteiger partial charge in [0.05, 0.1) is 10.8 Å². The first-order chi connectivity index (χ1) is 20.6. The Kier molecular flexibility index (Phi) is 9.07. The molecule has 0 atom stereocenters. The van der Waals surface area contributed by atoms with Gasteiger partial charge in [-0.25, -0.2) is 0 Å². The van der Waals surface area contributed by atoms with Crippen LogP contribution in [0, 0.1) is 41.5 Å². The van der Waals surface area contributed by atoms with E-state index in [1.54, 1.807) is 0 Å². The van der Waals surface area contributed by atoms with Gasteiger partial charge in [-0.15, -0.1) is 0 Å². The number of halogens is 4. The largest absolute Gasteiger partial charge is 0.673 e. The molecule has 0 saturated heterocycles. The van der Waals surface area contributed by atoms with Crippen LogP contribution in [0.3, 0.4) is 0 Å². The Balaban J connectivity index is 0.000000854. The van der Waals surface area contributed by atoms with E-state index in [1.807, 2.05) is 0 Å². The topological polar surface area (TPSA) is 3.88 Å². The Labute approximate surface area is 266 Å². The summed E-state index contributed by atoms with van der Waals surface area (Å²) in [6, 6.07) is 23.7. The number of benzene rings is 4. The van der Waals surface area contributed by atoms with Crippen molar-refractivity contribution in [3.8, 4) is 16.8 Å². The van der Waals surface area contributed by atoms with E-state index in [1.165, 1.54) is 83.1 Å². The van der Waals surface area contributed by atoms with Gasteiger partial charge >= 0.3 is 7.25 Å². The van der Waals surface area contributed by atoms with Gasteiger partial charge in [0.2, 0.25) is 16.7 Å². The third kappa shape index (κ3) is 7.26. The lowest BCUT2D eigenvalue weighted by atomic mass is 9.82. The summed E-state index contributed by atoms with van der Waals surface area (Å²) in [6.07, 6.45) is 0. The van der Waals surface area contributed by atoms with Crippen LogP contribution in [-0.4, -0.2) is 7.25 Å². The van der Waals surface area contributed by atoms with Gasteiger partial charge in [-0.1, -0.05) is 76.9 Å². The predicted octanol–water partition coefficient (Wildman–Crippen LogP) is 11.7.